The van der Waals surface area contributed by atoms with Gasteiger partial charge >= 0.3 is 0 Å². The maximum Gasteiger partial charge on any atom is 0.00671 e. The lowest BCUT2D eigenvalue weighted by Gasteiger charge is -2.26. The minimum atomic E-state index is 0.834. The van der Waals surface area contributed by atoms with Gasteiger partial charge in [-0.1, -0.05) is 13.8 Å². The van der Waals surface area contributed by atoms with Gasteiger partial charge in [-0.05, 0) is 38.1 Å². The first-order valence-corrected chi connectivity index (χ1v) is 4.56. The quantitative estimate of drug-likeness (QED) is 0.621. The monoisotopic (exact) mass is 141 g/mol. The highest BCUT2D eigenvalue weighted by Crippen LogP contribution is 2.22. The summed E-state index contributed by atoms with van der Waals surface area (Å²) in [7, 11) is 0. The van der Waals surface area contributed by atoms with E-state index in [0.29, 0.717) is 0 Å². The molecule has 60 valence electrons. The van der Waals surface area contributed by atoms with E-state index in [2.05, 4.69) is 19.2 Å². The average Bonchev–Trinajstić information content (AvgIpc) is 1.95. The van der Waals surface area contributed by atoms with Crippen LogP contribution in [0.3, 0.4) is 0 Å². The molecule has 0 spiro atoms. The van der Waals surface area contributed by atoms with Gasteiger partial charge in [0.05, 0.1) is 0 Å². The van der Waals surface area contributed by atoms with Crippen molar-refractivity contribution in [1.29, 1.82) is 0 Å². The van der Waals surface area contributed by atoms with Gasteiger partial charge in [-0.2, -0.15) is 0 Å². The van der Waals surface area contributed by atoms with Crippen LogP contribution in [0.1, 0.15) is 39.5 Å². The van der Waals surface area contributed by atoms with Crippen LogP contribution in [0.2, 0.25) is 0 Å². The SMILES string of the molecule is CCNC1CCC(C)CC1. The Labute approximate surface area is 64.2 Å². The Morgan fingerprint density at radius 3 is 2.30 bits per heavy atom. The molecule has 0 aromatic carbocycles. The van der Waals surface area contributed by atoms with Crippen molar-refractivity contribution in [2.45, 2.75) is 45.6 Å². The smallest absolute Gasteiger partial charge is 0.00671 e. The van der Waals surface area contributed by atoms with Crippen LogP contribution < -0.4 is 5.32 Å². The van der Waals surface area contributed by atoms with Crippen molar-refractivity contribution >= 4 is 0 Å². The molecular formula is C9H19N. The Kier molecular flexibility index (Phi) is 3.20. The van der Waals surface area contributed by atoms with Gasteiger partial charge in [-0.15, -0.1) is 0 Å². The summed E-state index contributed by atoms with van der Waals surface area (Å²) < 4.78 is 0. The zero-order chi connectivity index (χ0) is 7.40. The number of nitrogens with one attached hydrogen (secondary N) is 1. The van der Waals surface area contributed by atoms with Crippen LogP contribution >= 0.6 is 0 Å². The van der Waals surface area contributed by atoms with E-state index in [1.165, 1.54) is 25.7 Å². The van der Waals surface area contributed by atoms with Crippen LogP contribution in [0.15, 0.2) is 0 Å². The molecule has 0 aliphatic heterocycles. The second kappa shape index (κ2) is 3.97. The molecule has 0 radical (unpaired) electrons. The van der Waals surface area contributed by atoms with E-state index >= 15 is 0 Å². The van der Waals surface area contributed by atoms with Gasteiger partial charge in [0.15, 0.2) is 0 Å². The lowest BCUT2D eigenvalue weighted by molar-refractivity contribution is 0.311. The molecule has 0 amide bonds. The summed E-state index contributed by atoms with van der Waals surface area (Å²) in [6, 6.07) is 0.834. The van der Waals surface area contributed by atoms with Crippen LogP contribution in [-0.4, -0.2) is 12.6 Å². The summed E-state index contributed by atoms with van der Waals surface area (Å²) in [5.74, 6) is 0.981. The third kappa shape index (κ3) is 2.30. The predicted molar refractivity (Wildman–Crippen MR) is 45.1 cm³/mol. The summed E-state index contributed by atoms with van der Waals surface area (Å²) >= 11 is 0. The van der Waals surface area contributed by atoms with Crippen molar-refractivity contribution in [3.05, 3.63) is 0 Å². The Morgan fingerprint density at radius 2 is 1.80 bits per heavy atom. The first kappa shape index (κ1) is 8.06. The molecule has 1 nitrogen and oxygen atoms in total. The number of hydrogen-bond acceptors (Lipinski definition) is 1. The van der Waals surface area contributed by atoms with E-state index in [1.807, 2.05) is 0 Å². The molecule has 1 saturated carbocycles. The summed E-state index contributed by atoms with van der Waals surface area (Å²) in [6.45, 7) is 5.69. The highest BCUT2D eigenvalue weighted by atomic mass is 14.9. The summed E-state index contributed by atoms with van der Waals surface area (Å²) in [6.07, 6.45) is 5.65. The highest BCUT2D eigenvalue weighted by Gasteiger charge is 2.16. The van der Waals surface area contributed by atoms with E-state index in [-0.39, 0.29) is 0 Å². The molecule has 10 heavy (non-hydrogen) atoms. The molecule has 1 rings (SSSR count). The van der Waals surface area contributed by atoms with Gasteiger partial charge in [0.2, 0.25) is 0 Å². The maximum atomic E-state index is 3.50. The van der Waals surface area contributed by atoms with E-state index < -0.39 is 0 Å². The van der Waals surface area contributed by atoms with Crippen molar-refractivity contribution < 1.29 is 0 Å². The highest BCUT2D eigenvalue weighted by molar-refractivity contribution is 4.74. The molecule has 1 aliphatic rings. The summed E-state index contributed by atoms with van der Waals surface area (Å²) in [5, 5.41) is 3.50. The molecule has 0 aromatic heterocycles. The van der Waals surface area contributed by atoms with E-state index in [9.17, 15) is 0 Å². The fraction of sp³-hybridized carbons (Fsp3) is 1.00. The number of rotatable bonds is 2. The Hall–Kier alpha value is -0.0400. The molecule has 0 aromatic rings. The van der Waals surface area contributed by atoms with E-state index in [4.69, 9.17) is 0 Å². The van der Waals surface area contributed by atoms with Crippen molar-refractivity contribution in [3.8, 4) is 0 Å². The normalized spacial score (nSPS) is 34.2. The third-order valence-electron chi connectivity index (χ3n) is 2.51. The zero-order valence-electron chi connectivity index (χ0n) is 7.19. The van der Waals surface area contributed by atoms with Crippen LogP contribution in [0.5, 0.6) is 0 Å². The molecule has 1 heteroatoms. The van der Waals surface area contributed by atoms with Crippen LogP contribution in [0.4, 0.5) is 0 Å². The van der Waals surface area contributed by atoms with Gasteiger partial charge in [0, 0.05) is 6.04 Å². The predicted octanol–water partition coefficient (Wildman–Crippen LogP) is 2.17. The van der Waals surface area contributed by atoms with Gasteiger partial charge in [0.25, 0.3) is 0 Å². The van der Waals surface area contributed by atoms with Gasteiger partial charge in [-0.25, -0.2) is 0 Å². The Balaban J connectivity index is 2.13. The van der Waals surface area contributed by atoms with E-state index in [1.54, 1.807) is 0 Å². The van der Waals surface area contributed by atoms with Crippen LogP contribution in [0, 0.1) is 5.92 Å². The second-order valence-corrected chi connectivity index (χ2v) is 3.51. The largest absolute Gasteiger partial charge is 0.314 e. The molecule has 0 bridgehead atoms. The molecule has 0 heterocycles. The molecule has 1 fully saturated rings. The van der Waals surface area contributed by atoms with Crippen molar-refractivity contribution in [1.82, 2.24) is 5.32 Å². The fourth-order valence-corrected chi connectivity index (χ4v) is 1.75. The average molecular weight is 141 g/mol. The maximum absolute atomic E-state index is 3.50. The first-order valence-electron chi connectivity index (χ1n) is 4.56. The summed E-state index contributed by atoms with van der Waals surface area (Å²) in [4.78, 5) is 0. The molecule has 0 unspecified atom stereocenters. The minimum absolute atomic E-state index is 0.834. The van der Waals surface area contributed by atoms with Gasteiger partial charge < -0.3 is 5.32 Å². The zero-order valence-corrected chi connectivity index (χ0v) is 7.19. The van der Waals surface area contributed by atoms with Gasteiger partial charge in [0.1, 0.15) is 0 Å². The lowest BCUT2D eigenvalue weighted by atomic mass is 9.87. The molecule has 0 saturated heterocycles. The second-order valence-electron chi connectivity index (χ2n) is 3.51. The number of hydrogen-bond donors (Lipinski definition) is 1. The van der Waals surface area contributed by atoms with Crippen molar-refractivity contribution in [3.63, 3.8) is 0 Å². The Bertz CT molecular complexity index is 82.7. The van der Waals surface area contributed by atoms with Crippen LogP contribution in [0.25, 0.3) is 0 Å². The van der Waals surface area contributed by atoms with Crippen molar-refractivity contribution in [2.75, 3.05) is 6.54 Å². The van der Waals surface area contributed by atoms with E-state index in [0.717, 1.165) is 18.5 Å². The minimum Gasteiger partial charge on any atom is -0.314 e. The molecule has 0 atom stereocenters. The van der Waals surface area contributed by atoms with Gasteiger partial charge in [-0.3, -0.25) is 0 Å². The molecular weight excluding hydrogens is 122 g/mol. The fourth-order valence-electron chi connectivity index (χ4n) is 1.75. The topological polar surface area (TPSA) is 12.0 Å². The Morgan fingerprint density at radius 1 is 1.20 bits per heavy atom. The molecule has 1 N–H and O–H groups in total. The molecule has 1 aliphatic carbocycles. The summed E-state index contributed by atoms with van der Waals surface area (Å²) in [5.41, 5.74) is 0. The third-order valence-corrected chi connectivity index (χ3v) is 2.51. The van der Waals surface area contributed by atoms with Crippen molar-refractivity contribution in [2.24, 2.45) is 5.92 Å². The lowest BCUT2D eigenvalue weighted by Crippen LogP contribution is -2.32. The standard InChI is InChI=1S/C9H19N/c1-3-10-9-6-4-8(2)5-7-9/h8-10H,3-7H2,1-2H3. The first-order chi connectivity index (χ1) is 4.83. The van der Waals surface area contributed by atoms with Crippen LogP contribution in [-0.2, 0) is 0 Å².